The molecule has 4 heteroatoms. The summed E-state index contributed by atoms with van der Waals surface area (Å²) in [6, 6.07) is 10.6. The van der Waals surface area contributed by atoms with Gasteiger partial charge in [-0.3, -0.25) is 4.90 Å². The maximum Gasteiger partial charge on any atom is 0.0645 e. The molecule has 0 spiro atoms. The van der Waals surface area contributed by atoms with Crippen LogP contribution in [-0.4, -0.2) is 39.9 Å². The SMILES string of the molecule is CC1(C)CN(Cc2ccc(-n3cccn3)cc2)CCN1. The van der Waals surface area contributed by atoms with E-state index in [1.54, 1.807) is 6.20 Å². The van der Waals surface area contributed by atoms with E-state index in [0.717, 1.165) is 31.9 Å². The first-order valence-electron chi connectivity index (χ1n) is 7.19. The van der Waals surface area contributed by atoms with Gasteiger partial charge in [-0.1, -0.05) is 12.1 Å². The number of aromatic nitrogens is 2. The fourth-order valence-corrected chi connectivity index (χ4v) is 2.82. The van der Waals surface area contributed by atoms with Crippen molar-refractivity contribution in [3.8, 4) is 5.69 Å². The molecule has 1 N–H and O–H groups in total. The van der Waals surface area contributed by atoms with Crippen molar-refractivity contribution >= 4 is 0 Å². The lowest BCUT2D eigenvalue weighted by molar-refractivity contribution is 0.148. The van der Waals surface area contributed by atoms with Crippen LogP contribution in [0.2, 0.25) is 0 Å². The molecule has 106 valence electrons. The minimum Gasteiger partial charge on any atom is -0.309 e. The van der Waals surface area contributed by atoms with Gasteiger partial charge in [0, 0.05) is 44.1 Å². The molecule has 0 saturated carbocycles. The Morgan fingerprint density at radius 3 is 2.70 bits per heavy atom. The highest BCUT2D eigenvalue weighted by Gasteiger charge is 2.25. The normalized spacial score (nSPS) is 19.1. The van der Waals surface area contributed by atoms with Crippen molar-refractivity contribution in [2.24, 2.45) is 0 Å². The number of nitrogens with one attached hydrogen (secondary N) is 1. The van der Waals surface area contributed by atoms with Crippen LogP contribution in [0, 0.1) is 0 Å². The number of benzene rings is 1. The second-order valence-electron chi connectivity index (χ2n) is 6.14. The number of piperazine rings is 1. The minimum atomic E-state index is 0.216. The van der Waals surface area contributed by atoms with Crippen molar-refractivity contribution in [1.29, 1.82) is 0 Å². The topological polar surface area (TPSA) is 33.1 Å². The maximum absolute atomic E-state index is 4.25. The highest BCUT2D eigenvalue weighted by atomic mass is 15.3. The lowest BCUT2D eigenvalue weighted by Crippen LogP contribution is -2.56. The smallest absolute Gasteiger partial charge is 0.0645 e. The van der Waals surface area contributed by atoms with Crippen LogP contribution >= 0.6 is 0 Å². The van der Waals surface area contributed by atoms with E-state index in [1.165, 1.54) is 5.56 Å². The van der Waals surface area contributed by atoms with Crippen LogP contribution in [0.25, 0.3) is 5.69 Å². The van der Waals surface area contributed by atoms with Crippen molar-refractivity contribution in [2.45, 2.75) is 25.9 Å². The largest absolute Gasteiger partial charge is 0.309 e. The summed E-state index contributed by atoms with van der Waals surface area (Å²) in [5, 5.41) is 7.80. The van der Waals surface area contributed by atoms with E-state index in [1.807, 2.05) is 16.9 Å². The van der Waals surface area contributed by atoms with Crippen LogP contribution in [0.5, 0.6) is 0 Å². The highest BCUT2D eigenvalue weighted by Crippen LogP contribution is 2.15. The Kier molecular flexibility index (Phi) is 3.59. The fraction of sp³-hybridized carbons (Fsp3) is 0.438. The molecule has 1 aromatic carbocycles. The molecule has 2 heterocycles. The summed E-state index contributed by atoms with van der Waals surface area (Å²) in [4.78, 5) is 2.51. The summed E-state index contributed by atoms with van der Waals surface area (Å²) in [6.07, 6.45) is 3.77. The molecule has 1 aromatic heterocycles. The van der Waals surface area contributed by atoms with Gasteiger partial charge in [0.1, 0.15) is 0 Å². The second kappa shape index (κ2) is 5.38. The molecule has 4 nitrogen and oxygen atoms in total. The average Bonchev–Trinajstić information content (AvgIpc) is 2.92. The minimum absolute atomic E-state index is 0.216. The van der Waals surface area contributed by atoms with E-state index in [0.29, 0.717) is 0 Å². The molecule has 1 fully saturated rings. The summed E-state index contributed by atoms with van der Waals surface area (Å²) in [6.45, 7) is 8.82. The third-order valence-corrected chi connectivity index (χ3v) is 3.76. The lowest BCUT2D eigenvalue weighted by atomic mass is 10.0. The Labute approximate surface area is 120 Å². The first kappa shape index (κ1) is 13.3. The molecule has 20 heavy (non-hydrogen) atoms. The van der Waals surface area contributed by atoms with Gasteiger partial charge in [0.2, 0.25) is 0 Å². The van der Waals surface area contributed by atoms with Crippen molar-refractivity contribution in [1.82, 2.24) is 20.0 Å². The van der Waals surface area contributed by atoms with Gasteiger partial charge in [-0.2, -0.15) is 5.10 Å². The van der Waals surface area contributed by atoms with Crippen molar-refractivity contribution in [3.05, 3.63) is 48.3 Å². The van der Waals surface area contributed by atoms with Crippen molar-refractivity contribution in [3.63, 3.8) is 0 Å². The van der Waals surface area contributed by atoms with Crippen LogP contribution in [-0.2, 0) is 6.54 Å². The van der Waals surface area contributed by atoms with E-state index in [-0.39, 0.29) is 5.54 Å². The molecule has 2 aromatic rings. The Morgan fingerprint density at radius 1 is 1.25 bits per heavy atom. The summed E-state index contributed by atoms with van der Waals surface area (Å²) in [5.74, 6) is 0. The van der Waals surface area contributed by atoms with Gasteiger partial charge in [0.05, 0.1) is 5.69 Å². The third kappa shape index (κ3) is 3.08. The molecular formula is C16H22N4. The van der Waals surface area contributed by atoms with Gasteiger partial charge in [0.25, 0.3) is 0 Å². The monoisotopic (exact) mass is 270 g/mol. The molecule has 3 rings (SSSR count). The zero-order chi connectivity index (χ0) is 14.0. The summed E-state index contributed by atoms with van der Waals surface area (Å²) in [7, 11) is 0. The maximum atomic E-state index is 4.25. The summed E-state index contributed by atoms with van der Waals surface area (Å²) < 4.78 is 1.89. The van der Waals surface area contributed by atoms with Crippen molar-refractivity contribution < 1.29 is 0 Å². The molecule has 0 atom stereocenters. The predicted octanol–water partition coefficient (Wildman–Crippen LogP) is 2.06. The van der Waals surface area contributed by atoms with Gasteiger partial charge in [-0.25, -0.2) is 4.68 Å². The lowest BCUT2D eigenvalue weighted by Gasteiger charge is -2.39. The molecule has 0 amide bonds. The number of hydrogen-bond acceptors (Lipinski definition) is 3. The summed E-state index contributed by atoms with van der Waals surface area (Å²) in [5.41, 5.74) is 2.69. The van der Waals surface area contributed by atoms with Gasteiger partial charge < -0.3 is 5.32 Å². The molecule has 0 aliphatic carbocycles. The van der Waals surface area contributed by atoms with Gasteiger partial charge in [-0.15, -0.1) is 0 Å². The van der Waals surface area contributed by atoms with E-state index in [4.69, 9.17) is 0 Å². The molecule has 1 saturated heterocycles. The van der Waals surface area contributed by atoms with Crippen molar-refractivity contribution in [2.75, 3.05) is 19.6 Å². The molecule has 0 radical (unpaired) electrons. The Hall–Kier alpha value is -1.65. The van der Waals surface area contributed by atoms with Crippen LogP contribution in [0.15, 0.2) is 42.7 Å². The summed E-state index contributed by atoms with van der Waals surface area (Å²) >= 11 is 0. The van der Waals surface area contributed by atoms with Gasteiger partial charge in [0.15, 0.2) is 0 Å². The zero-order valence-electron chi connectivity index (χ0n) is 12.2. The number of hydrogen-bond donors (Lipinski definition) is 1. The van der Waals surface area contributed by atoms with E-state index in [2.05, 4.69) is 53.4 Å². The first-order valence-corrected chi connectivity index (χ1v) is 7.19. The zero-order valence-corrected chi connectivity index (χ0v) is 12.2. The van der Waals surface area contributed by atoms with E-state index < -0.39 is 0 Å². The predicted molar refractivity (Wildman–Crippen MR) is 80.9 cm³/mol. The standard InChI is InChI=1S/C16H22N4/c1-16(2)13-19(11-9-17-16)12-14-4-6-15(7-5-14)20-10-3-8-18-20/h3-8,10,17H,9,11-13H2,1-2H3. The third-order valence-electron chi connectivity index (χ3n) is 3.76. The quantitative estimate of drug-likeness (QED) is 0.926. The van der Waals surface area contributed by atoms with Crippen LogP contribution < -0.4 is 5.32 Å². The van der Waals surface area contributed by atoms with E-state index >= 15 is 0 Å². The number of nitrogens with zero attached hydrogens (tertiary/aromatic N) is 3. The van der Waals surface area contributed by atoms with Gasteiger partial charge >= 0.3 is 0 Å². The first-order chi connectivity index (χ1) is 9.62. The molecule has 1 aliphatic heterocycles. The molecular weight excluding hydrogens is 248 g/mol. The van der Waals surface area contributed by atoms with E-state index in [9.17, 15) is 0 Å². The van der Waals surface area contributed by atoms with Crippen LogP contribution in [0.1, 0.15) is 19.4 Å². The molecule has 1 aliphatic rings. The average molecular weight is 270 g/mol. The Bertz CT molecular complexity index is 542. The van der Waals surface area contributed by atoms with Gasteiger partial charge in [-0.05, 0) is 37.6 Å². The van der Waals surface area contributed by atoms with Crippen LogP contribution in [0.3, 0.4) is 0 Å². The second-order valence-corrected chi connectivity index (χ2v) is 6.14. The van der Waals surface area contributed by atoms with Crippen LogP contribution in [0.4, 0.5) is 0 Å². The fourth-order valence-electron chi connectivity index (χ4n) is 2.82. The number of rotatable bonds is 3. The molecule has 0 bridgehead atoms. The Balaban J connectivity index is 1.66. The Morgan fingerprint density at radius 2 is 2.05 bits per heavy atom. The highest BCUT2D eigenvalue weighted by molar-refractivity contribution is 5.33. The molecule has 0 unspecified atom stereocenters.